The number of rotatable bonds is 4. The van der Waals surface area contributed by atoms with Crippen LogP contribution in [-0.4, -0.2) is 59.1 Å². The maximum absolute atomic E-state index is 12.3. The first-order valence-electron chi connectivity index (χ1n) is 8.92. The molecule has 7 nitrogen and oxygen atoms in total. The maximum Gasteiger partial charge on any atom is 0.262 e. The van der Waals surface area contributed by atoms with Gasteiger partial charge in [0.05, 0.1) is 11.1 Å². The lowest BCUT2D eigenvalue weighted by Crippen LogP contribution is -2.50. The minimum Gasteiger partial charge on any atom is -0.352 e. The molecule has 0 aliphatic carbocycles. The Morgan fingerprint density at radius 1 is 1.08 bits per heavy atom. The molecule has 138 valence electrons. The summed E-state index contributed by atoms with van der Waals surface area (Å²) in [7, 11) is 0. The van der Waals surface area contributed by atoms with Crippen molar-refractivity contribution in [2.45, 2.75) is 32.7 Å². The van der Waals surface area contributed by atoms with Crippen molar-refractivity contribution in [3.8, 4) is 0 Å². The van der Waals surface area contributed by atoms with Crippen LogP contribution in [0.15, 0.2) is 24.3 Å². The van der Waals surface area contributed by atoms with Gasteiger partial charge in [-0.3, -0.25) is 24.1 Å². The normalized spacial score (nSPS) is 17.7. The molecule has 1 aromatic rings. The van der Waals surface area contributed by atoms with Crippen molar-refractivity contribution in [2.75, 3.05) is 19.6 Å². The fourth-order valence-electron chi connectivity index (χ4n) is 3.41. The third-order valence-corrected chi connectivity index (χ3v) is 4.85. The number of amides is 4. The zero-order valence-electron chi connectivity index (χ0n) is 15.0. The molecule has 2 aliphatic rings. The van der Waals surface area contributed by atoms with Crippen LogP contribution in [0.5, 0.6) is 0 Å². The highest BCUT2D eigenvalue weighted by atomic mass is 16.2. The summed E-state index contributed by atoms with van der Waals surface area (Å²) in [6.07, 6.45) is 1.35. The molecule has 7 heteroatoms. The van der Waals surface area contributed by atoms with Gasteiger partial charge in [-0.25, -0.2) is 0 Å². The molecule has 1 N–H and O–H groups in total. The minimum absolute atomic E-state index is 0.0324. The van der Waals surface area contributed by atoms with Gasteiger partial charge in [0, 0.05) is 25.0 Å². The zero-order valence-corrected chi connectivity index (χ0v) is 15.0. The summed E-state index contributed by atoms with van der Waals surface area (Å²) in [5, 5.41) is 2.88. The van der Waals surface area contributed by atoms with Crippen molar-refractivity contribution in [3.63, 3.8) is 0 Å². The van der Waals surface area contributed by atoms with Gasteiger partial charge in [-0.05, 0) is 25.0 Å². The lowest BCUT2D eigenvalue weighted by Gasteiger charge is -2.33. The Bertz CT molecular complexity index is 716. The molecule has 2 aliphatic heterocycles. The van der Waals surface area contributed by atoms with E-state index >= 15 is 0 Å². The summed E-state index contributed by atoms with van der Waals surface area (Å²) < 4.78 is 0. The molecule has 26 heavy (non-hydrogen) atoms. The van der Waals surface area contributed by atoms with Gasteiger partial charge in [-0.2, -0.15) is 0 Å². The van der Waals surface area contributed by atoms with E-state index in [1.165, 1.54) is 0 Å². The van der Waals surface area contributed by atoms with Gasteiger partial charge in [-0.15, -0.1) is 0 Å². The third kappa shape index (κ3) is 3.47. The summed E-state index contributed by atoms with van der Waals surface area (Å²) >= 11 is 0. The van der Waals surface area contributed by atoms with Crippen LogP contribution >= 0.6 is 0 Å². The van der Waals surface area contributed by atoms with Crippen LogP contribution < -0.4 is 5.32 Å². The van der Waals surface area contributed by atoms with E-state index in [4.69, 9.17) is 0 Å². The largest absolute Gasteiger partial charge is 0.352 e. The monoisotopic (exact) mass is 357 g/mol. The molecule has 1 saturated heterocycles. The highest BCUT2D eigenvalue weighted by Gasteiger charge is 2.36. The molecule has 1 aromatic carbocycles. The van der Waals surface area contributed by atoms with Crippen molar-refractivity contribution in [2.24, 2.45) is 5.92 Å². The van der Waals surface area contributed by atoms with E-state index in [1.807, 2.05) is 18.7 Å². The Morgan fingerprint density at radius 3 is 2.12 bits per heavy atom. The van der Waals surface area contributed by atoms with Crippen molar-refractivity contribution >= 4 is 23.6 Å². The molecule has 1 fully saturated rings. The Morgan fingerprint density at radius 2 is 1.62 bits per heavy atom. The molecule has 0 atom stereocenters. The number of carbonyl (C=O) groups excluding carboxylic acids is 4. The van der Waals surface area contributed by atoms with Crippen molar-refractivity contribution in [3.05, 3.63) is 35.4 Å². The lowest BCUT2D eigenvalue weighted by atomic mass is 10.0. The number of nitrogens with zero attached hydrogens (tertiary/aromatic N) is 2. The van der Waals surface area contributed by atoms with E-state index in [-0.39, 0.29) is 30.3 Å². The smallest absolute Gasteiger partial charge is 0.262 e. The fourth-order valence-corrected chi connectivity index (χ4v) is 3.41. The van der Waals surface area contributed by atoms with Gasteiger partial charge < -0.3 is 10.2 Å². The highest BCUT2D eigenvalue weighted by Crippen LogP contribution is 2.22. The average molecular weight is 357 g/mol. The second kappa shape index (κ2) is 7.27. The van der Waals surface area contributed by atoms with E-state index in [9.17, 15) is 19.2 Å². The quantitative estimate of drug-likeness (QED) is 0.816. The molecule has 2 heterocycles. The lowest BCUT2D eigenvalue weighted by molar-refractivity contribution is -0.135. The topological polar surface area (TPSA) is 86.8 Å². The molecular weight excluding hydrogens is 334 g/mol. The predicted molar refractivity (Wildman–Crippen MR) is 94.4 cm³/mol. The maximum atomic E-state index is 12.3. The van der Waals surface area contributed by atoms with Gasteiger partial charge in [0.25, 0.3) is 11.8 Å². The SMILES string of the molecule is CC(C)C(=O)N1CCC(NC(=O)CN2C(=O)c3ccccc3C2=O)CC1. The fraction of sp³-hybridized carbons (Fsp3) is 0.474. The molecule has 0 aromatic heterocycles. The molecule has 0 unspecified atom stereocenters. The molecule has 0 spiro atoms. The molecular formula is C19H23N3O4. The first-order chi connectivity index (χ1) is 12.4. The Labute approximate surface area is 152 Å². The number of hydrogen-bond donors (Lipinski definition) is 1. The summed E-state index contributed by atoms with van der Waals surface area (Å²) in [6, 6.07) is 6.53. The standard InChI is InChI=1S/C19H23N3O4/c1-12(2)17(24)21-9-7-13(8-10-21)20-16(23)11-22-18(25)14-5-3-4-6-15(14)19(22)26/h3-6,12-13H,7-11H2,1-2H3,(H,20,23). The molecule has 0 bridgehead atoms. The van der Waals surface area contributed by atoms with Gasteiger partial charge in [0.15, 0.2) is 0 Å². The minimum atomic E-state index is -0.432. The molecule has 4 amide bonds. The van der Waals surface area contributed by atoms with Gasteiger partial charge in [-0.1, -0.05) is 26.0 Å². The van der Waals surface area contributed by atoms with E-state index in [1.54, 1.807) is 24.3 Å². The van der Waals surface area contributed by atoms with E-state index in [0.29, 0.717) is 37.1 Å². The van der Waals surface area contributed by atoms with Crippen LogP contribution in [0.3, 0.4) is 0 Å². The number of carbonyl (C=O) groups is 4. The van der Waals surface area contributed by atoms with Crippen LogP contribution in [0.2, 0.25) is 0 Å². The Hall–Kier alpha value is -2.70. The predicted octanol–water partition coefficient (Wildman–Crippen LogP) is 1.05. The number of imide groups is 1. The summed E-state index contributed by atoms with van der Waals surface area (Å²) in [6.45, 7) is 4.68. The van der Waals surface area contributed by atoms with Crippen molar-refractivity contribution in [1.82, 2.24) is 15.1 Å². The van der Waals surface area contributed by atoms with Gasteiger partial charge in [0.1, 0.15) is 6.54 Å². The second-order valence-corrected chi connectivity index (χ2v) is 7.06. The average Bonchev–Trinajstić information content (AvgIpc) is 2.87. The molecule has 0 saturated carbocycles. The van der Waals surface area contributed by atoms with Crippen LogP contribution in [0, 0.1) is 5.92 Å². The number of piperidine rings is 1. The molecule has 0 radical (unpaired) electrons. The highest BCUT2D eigenvalue weighted by molar-refractivity contribution is 6.22. The van der Waals surface area contributed by atoms with Crippen LogP contribution in [0.1, 0.15) is 47.4 Å². The first kappa shape index (κ1) is 18.1. The van der Waals surface area contributed by atoms with E-state index < -0.39 is 11.8 Å². The Kier molecular flexibility index (Phi) is 5.06. The summed E-state index contributed by atoms with van der Waals surface area (Å²) in [5.74, 6) is -1.12. The second-order valence-electron chi connectivity index (χ2n) is 7.06. The van der Waals surface area contributed by atoms with Crippen molar-refractivity contribution < 1.29 is 19.2 Å². The number of benzene rings is 1. The number of nitrogens with one attached hydrogen (secondary N) is 1. The number of fused-ring (bicyclic) bond motifs is 1. The first-order valence-corrected chi connectivity index (χ1v) is 8.92. The number of hydrogen-bond acceptors (Lipinski definition) is 4. The van der Waals surface area contributed by atoms with Crippen LogP contribution in [0.25, 0.3) is 0 Å². The van der Waals surface area contributed by atoms with Crippen LogP contribution in [0.4, 0.5) is 0 Å². The zero-order chi connectivity index (χ0) is 18.8. The summed E-state index contributed by atoms with van der Waals surface area (Å²) in [4.78, 5) is 51.7. The molecule has 3 rings (SSSR count). The summed E-state index contributed by atoms with van der Waals surface area (Å²) in [5.41, 5.74) is 0.677. The third-order valence-electron chi connectivity index (χ3n) is 4.85. The van der Waals surface area contributed by atoms with Crippen LogP contribution in [-0.2, 0) is 9.59 Å². The van der Waals surface area contributed by atoms with Gasteiger partial charge >= 0.3 is 0 Å². The number of likely N-dealkylation sites (tertiary alicyclic amines) is 1. The van der Waals surface area contributed by atoms with E-state index in [0.717, 1.165) is 4.90 Å². The van der Waals surface area contributed by atoms with Crippen molar-refractivity contribution in [1.29, 1.82) is 0 Å². The van der Waals surface area contributed by atoms with E-state index in [2.05, 4.69) is 5.32 Å². The Balaban J connectivity index is 1.52. The van der Waals surface area contributed by atoms with Gasteiger partial charge in [0.2, 0.25) is 11.8 Å².